The average Bonchev–Trinajstić information content (AvgIpc) is 2.74. The molecule has 0 saturated heterocycles. The summed E-state index contributed by atoms with van der Waals surface area (Å²) in [6, 6.07) is 21.2. The van der Waals surface area contributed by atoms with Crippen LogP contribution >= 0.6 is 11.6 Å². The molecule has 30 heavy (non-hydrogen) atoms. The maximum absolute atomic E-state index is 12.9. The fourth-order valence-corrected chi connectivity index (χ4v) is 6.02. The van der Waals surface area contributed by atoms with Crippen LogP contribution in [0.3, 0.4) is 0 Å². The summed E-state index contributed by atoms with van der Waals surface area (Å²) in [5.74, 6) is 0. The Morgan fingerprint density at radius 2 is 1.63 bits per heavy atom. The van der Waals surface area contributed by atoms with Crippen LogP contribution in [0.2, 0.25) is 5.02 Å². The van der Waals surface area contributed by atoms with E-state index in [0.717, 1.165) is 25.7 Å². The van der Waals surface area contributed by atoms with Crippen LogP contribution in [0.5, 0.6) is 0 Å². The van der Waals surface area contributed by atoms with E-state index in [1.807, 2.05) is 6.07 Å². The predicted octanol–water partition coefficient (Wildman–Crippen LogP) is 5.43. The second kappa shape index (κ2) is 9.06. The van der Waals surface area contributed by atoms with Gasteiger partial charge in [-0.15, -0.1) is 0 Å². The Labute approximate surface area is 183 Å². The van der Waals surface area contributed by atoms with Crippen LogP contribution in [0.15, 0.2) is 71.6 Å². The van der Waals surface area contributed by atoms with E-state index in [9.17, 15) is 8.42 Å². The molecule has 4 nitrogen and oxygen atoms in total. The highest BCUT2D eigenvalue weighted by atomic mass is 35.5. The third kappa shape index (κ3) is 4.70. The monoisotopic (exact) mass is 442 g/mol. The molecule has 0 heterocycles. The van der Waals surface area contributed by atoms with Crippen LogP contribution < -0.4 is 10.0 Å². The van der Waals surface area contributed by atoms with E-state index in [0.29, 0.717) is 5.02 Å². The topological polar surface area (TPSA) is 58.2 Å². The van der Waals surface area contributed by atoms with E-state index in [4.69, 9.17) is 11.6 Å². The minimum atomic E-state index is -3.62. The summed E-state index contributed by atoms with van der Waals surface area (Å²) >= 11 is 6.00. The van der Waals surface area contributed by atoms with Gasteiger partial charge in [-0.25, -0.2) is 13.1 Å². The molecule has 0 aliphatic heterocycles. The summed E-state index contributed by atoms with van der Waals surface area (Å²) in [7, 11) is -3.62. The fourth-order valence-electron chi connectivity index (χ4n) is 4.41. The summed E-state index contributed by atoms with van der Waals surface area (Å²) in [5, 5.41) is 6.57. The van der Waals surface area contributed by atoms with Crippen molar-refractivity contribution in [2.24, 2.45) is 0 Å². The number of sulfonamides is 1. The average molecular weight is 443 g/mol. The van der Waals surface area contributed by atoms with Crippen LogP contribution in [-0.4, -0.2) is 20.5 Å². The molecule has 0 aromatic heterocycles. The minimum absolute atomic E-state index is 0.0710. The number of nitrogens with one attached hydrogen (secondary N) is 2. The normalized spacial score (nSPS) is 20.9. The summed E-state index contributed by atoms with van der Waals surface area (Å²) in [6.07, 6.45) is 3.87. The molecule has 3 aromatic rings. The van der Waals surface area contributed by atoms with Crippen molar-refractivity contribution in [1.29, 1.82) is 0 Å². The molecule has 6 heteroatoms. The Balaban J connectivity index is 1.54. The van der Waals surface area contributed by atoms with E-state index in [-0.39, 0.29) is 23.0 Å². The van der Waals surface area contributed by atoms with E-state index >= 15 is 0 Å². The Hall–Kier alpha value is -1.92. The van der Waals surface area contributed by atoms with Crippen molar-refractivity contribution < 1.29 is 8.42 Å². The van der Waals surface area contributed by atoms with Crippen LogP contribution in [0, 0.1) is 0 Å². The van der Waals surface area contributed by atoms with Crippen molar-refractivity contribution in [3.05, 3.63) is 77.3 Å². The summed E-state index contributed by atoms with van der Waals surface area (Å²) in [6.45, 7) is 2.15. The number of benzene rings is 3. The van der Waals surface area contributed by atoms with Crippen LogP contribution in [0.4, 0.5) is 0 Å². The van der Waals surface area contributed by atoms with Gasteiger partial charge in [-0.05, 0) is 54.3 Å². The molecule has 0 amide bonds. The van der Waals surface area contributed by atoms with Crippen molar-refractivity contribution in [1.82, 2.24) is 10.0 Å². The zero-order valence-corrected chi connectivity index (χ0v) is 18.6. The van der Waals surface area contributed by atoms with Crippen LogP contribution in [0.1, 0.15) is 44.2 Å². The smallest absolute Gasteiger partial charge is 0.240 e. The largest absolute Gasteiger partial charge is 0.306 e. The fraction of sp³-hybridized carbons (Fsp3) is 0.333. The molecule has 0 radical (unpaired) electrons. The number of fused-ring (bicyclic) bond motifs is 1. The molecule has 0 bridgehead atoms. The highest BCUT2D eigenvalue weighted by Crippen LogP contribution is 2.28. The molecule has 3 aromatic carbocycles. The van der Waals surface area contributed by atoms with Crippen molar-refractivity contribution in [2.75, 3.05) is 0 Å². The molecule has 1 aliphatic carbocycles. The van der Waals surface area contributed by atoms with Crippen LogP contribution in [-0.2, 0) is 10.0 Å². The first-order valence-electron chi connectivity index (χ1n) is 10.5. The maximum Gasteiger partial charge on any atom is 0.240 e. The highest BCUT2D eigenvalue weighted by molar-refractivity contribution is 7.89. The standard InChI is InChI=1S/C24H27ClN2O2S/c1-17(21-13-6-9-18-8-2-3-12-22(18)21)26-23-14-4-5-15-24(23)27-30(28,29)20-11-7-10-19(25)16-20/h2-3,6-13,16-17,23-24,26-27H,4-5,14-15H2,1H3/t17?,23-,24-/m1/s1. The van der Waals surface area contributed by atoms with Crippen molar-refractivity contribution in [3.63, 3.8) is 0 Å². The lowest BCUT2D eigenvalue weighted by atomic mass is 9.89. The van der Waals surface area contributed by atoms with Gasteiger partial charge in [0.25, 0.3) is 0 Å². The lowest BCUT2D eigenvalue weighted by Gasteiger charge is -2.35. The molecular weight excluding hydrogens is 416 g/mol. The first-order chi connectivity index (χ1) is 14.4. The molecule has 4 rings (SSSR count). The quantitative estimate of drug-likeness (QED) is 0.534. The van der Waals surface area contributed by atoms with Gasteiger partial charge >= 0.3 is 0 Å². The molecular formula is C24H27ClN2O2S. The SMILES string of the molecule is CC(N[C@@H]1CCCC[C@H]1NS(=O)(=O)c1cccc(Cl)c1)c1cccc2ccccc12. The predicted molar refractivity (Wildman–Crippen MR) is 123 cm³/mol. The zero-order valence-electron chi connectivity index (χ0n) is 17.0. The Kier molecular flexibility index (Phi) is 6.44. The van der Waals surface area contributed by atoms with Gasteiger partial charge in [-0.1, -0.05) is 73.0 Å². The van der Waals surface area contributed by atoms with Gasteiger partial charge in [-0.3, -0.25) is 0 Å². The molecule has 1 fully saturated rings. The number of hydrogen-bond donors (Lipinski definition) is 2. The first-order valence-corrected chi connectivity index (χ1v) is 12.3. The molecule has 1 aliphatic rings. The number of hydrogen-bond acceptors (Lipinski definition) is 3. The molecule has 2 N–H and O–H groups in total. The lowest BCUT2D eigenvalue weighted by Crippen LogP contribution is -2.52. The van der Waals surface area contributed by atoms with Crippen molar-refractivity contribution in [3.8, 4) is 0 Å². The van der Waals surface area contributed by atoms with E-state index < -0.39 is 10.0 Å². The van der Waals surface area contributed by atoms with Gasteiger partial charge in [0.1, 0.15) is 0 Å². The Morgan fingerprint density at radius 1 is 0.933 bits per heavy atom. The van der Waals surface area contributed by atoms with Gasteiger partial charge in [0.05, 0.1) is 4.90 Å². The highest BCUT2D eigenvalue weighted by Gasteiger charge is 2.30. The van der Waals surface area contributed by atoms with Crippen LogP contribution in [0.25, 0.3) is 10.8 Å². The summed E-state index contributed by atoms with van der Waals surface area (Å²) in [4.78, 5) is 0.210. The summed E-state index contributed by atoms with van der Waals surface area (Å²) in [5.41, 5.74) is 1.23. The molecule has 1 unspecified atom stereocenters. The second-order valence-electron chi connectivity index (χ2n) is 8.03. The minimum Gasteiger partial charge on any atom is -0.306 e. The third-order valence-electron chi connectivity index (χ3n) is 5.93. The van der Waals surface area contributed by atoms with Crippen molar-refractivity contribution >= 4 is 32.4 Å². The van der Waals surface area contributed by atoms with E-state index in [1.54, 1.807) is 18.2 Å². The number of halogens is 1. The zero-order chi connectivity index (χ0) is 21.1. The van der Waals surface area contributed by atoms with Gasteiger partial charge in [0, 0.05) is 23.1 Å². The first kappa shape index (κ1) is 21.3. The second-order valence-corrected chi connectivity index (χ2v) is 10.2. The Morgan fingerprint density at radius 3 is 2.43 bits per heavy atom. The maximum atomic E-state index is 12.9. The Bertz CT molecular complexity index is 1130. The van der Waals surface area contributed by atoms with Crippen molar-refractivity contribution in [2.45, 2.75) is 55.6 Å². The molecule has 158 valence electrons. The third-order valence-corrected chi connectivity index (χ3v) is 7.66. The molecule has 1 saturated carbocycles. The van der Waals surface area contributed by atoms with E-state index in [1.165, 1.54) is 22.4 Å². The lowest BCUT2D eigenvalue weighted by molar-refractivity contribution is 0.291. The molecule has 0 spiro atoms. The van der Waals surface area contributed by atoms with E-state index in [2.05, 4.69) is 53.4 Å². The summed E-state index contributed by atoms with van der Waals surface area (Å²) < 4.78 is 28.8. The van der Waals surface area contributed by atoms with Gasteiger partial charge in [-0.2, -0.15) is 0 Å². The van der Waals surface area contributed by atoms with Gasteiger partial charge in [0.15, 0.2) is 0 Å². The van der Waals surface area contributed by atoms with Gasteiger partial charge < -0.3 is 5.32 Å². The number of rotatable bonds is 6. The molecule has 3 atom stereocenters. The van der Waals surface area contributed by atoms with Gasteiger partial charge in [0.2, 0.25) is 10.0 Å².